The molecule has 0 amide bonds. The van der Waals surface area contributed by atoms with Crippen molar-refractivity contribution >= 4 is 11.8 Å². The van der Waals surface area contributed by atoms with Crippen molar-refractivity contribution in [3.8, 4) is 11.7 Å². The third-order valence-corrected chi connectivity index (χ3v) is 3.48. The number of nitrogens with two attached hydrogens (primary N) is 1. The molecule has 2 aromatic rings. The Kier molecular flexibility index (Phi) is 4.22. The second kappa shape index (κ2) is 5.88. The van der Waals surface area contributed by atoms with Gasteiger partial charge < -0.3 is 14.6 Å². The molecule has 2 heterocycles. The number of aromatic nitrogens is 2. The molecule has 0 aliphatic carbocycles. The van der Waals surface area contributed by atoms with Crippen LogP contribution in [-0.4, -0.2) is 22.5 Å². The Morgan fingerprint density at radius 3 is 3.06 bits per heavy atom. The van der Waals surface area contributed by atoms with E-state index in [9.17, 15) is 0 Å². The second-order valence-corrected chi connectivity index (χ2v) is 4.86. The zero-order chi connectivity index (χ0) is 12.1. The maximum atomic E-state index is 5.54. The molecular weight excluding hydrogens is 238 g/mol. The summed E-state index contributed by atoms with van der Waals surface area (Å²) >= 11 is 1.74. The molecule has 1 atom stereocenters. The highest BCUT2D eigenvalue weighted by molar-refractivity contribution is 7.98. The summed E-state index contributed by atoms with van der Waals surface area (Å²) in [6, 6.07) is 3.58. The predicted octanol–water partition coefficient (Wildman–Crippen LogP) is 2.16. The van der Waals surface area contributed by atoms with Crippen molar-refractivity contribution in [2.24, 2.45) is 11.7 Å². The van der Waals surface area contributed by atoms with Gasteiger partial charge in [-0.2, -0.15) is 11.8 Å². The molecule has 5 nitrogen and oxygen atoms in total. The van der Waals surface area contributed by atoms with Gasteiger partial charge in [-0.05, 0) is 30.3 Å². The summed E-state index contributed by atoms with van der Waals surface area (Å²) in [6.45, 7) is 2.82. The summed E-state index contributed by atoms with van der Waals surface area (Å²) in [7, 11) is 0. The molecule has 0 spiro atoms. The van der Waals surface area contributed by atoms with E-state index in [0.29, 0.717) is 35.8 Å². The minimum absolute atomic E-state index is 0.428. The number of nitrogens with zero attached hydrogens (tertiary/aromatic N) is 2. The average molecular weight is 253 g/mol. The molecule has 2 rings (SSSR count). The van der Waals surface area contributed by atoms with Crippen LogP contribution >= 0.6 is 11.8 Å². The van der Waals surface area contributed by atoms with Crippen LogP contribution in [0.1, 0.15) is 12.8 Å². The lowest BCUT2D eigenvalue weighted by Gasteiger charge is -2.05. The smallest absolute Gasteiger partial charge is 0.283 e. The van der Waals surface area contributed by atoms with Crippen LogP contribution in [0.15, 0.2) is 27.2 Å². The van der Waals surface area contributed by atoms with E-state index in [1.54, 1.807) is 30.2 Å². The Labute approximate surface area is 104 Å². The van der Waals surface area contributed by atoms with Crippen LogP contribution in [0.5, 0.6) is 0 Å². The first-order valence-corrected chi connectivity index (χ1v) is 6.59. The van der Waals surface area contributed by atoms with Crippen molar-refractivity contribution in [2.75, 3.05) is 12.3 Å². The van der Waals surface area contributed by atoms with Crippen LogP contribution < -0.4 is 5.73 Å². The largest absolute Gasteiger partial charge is 0.459 e. The van der Waals surface area contributed by atoms with Gasteiger partial charge >= 0.3 is 0 Å². The van der Waals surface area contributed by atoms with Gasteiger partial charge in [0.15, 0.2) is 5.76 Å². The molecule has 1 unspecified atom stereocenters. The van der Waals surface area contributed by atoms with Gasteiger partial charge in [0, 0.05) is 0 Å². The maximum absolute atomic E-state index is 5.54. The Morgan fingerprint density at radius 1 is 1.47 bits per heavy atom. The van der Waals surface area contributed by atoms with Gasteiger partial charge in [0.2, 0.25) is 5.89 Å². The molecule has 0 fully saturated rings. The molecule has 0 saturated heterocycles. The van der Waals surface area contributed by atoms with Crippen LogP contribution in [0, 0.1) is 5.92 Å². The lowest BCUT2D eigenvalue weighted by atomic mass is 10.2. The van der Waals surface area contributed by atoms with Gasteiger partial charge in [0.1, 0.15) is 0 Å². The van der Waals surface area contributed by atoms with Crippen molar-refractivity contribution in [3.63, 3.8) is 0 Å². The molecule has 2 aromatic heterocycles. The molecule has 2 N–H and O–H groups in total. The third-order valence-electron chi connectivity index (χ3n) is 2.23. The normalized spacial score (nSPS) is 12.8. The molecule has 0 saturated carbocycles. The van der Waals surface area contributed by atoms with Crippen LogP contribution in [0.3, 0.4) is 0 Å². The van der Waals surface area contributed by atoms with E-state index in [-0.39, 0.29) is 0 Å². The van der Waals surface area contributed by atoms with E-state index < -0.39 is 0 Å². The first-order valence-electron chi connectivity index (χ1n) is 5.43. The van der Waals surface area contributed by atoms with Crippen molar-refractivity contribution in [2.45, 2.75) is 12.7 Å². The Balaban J connectivity index is 1.87. The van der Waals surface area contributed by atoms with Gasteiger partial charge in [0.25, 0.3) is 5.89 Å². The zero-order valence-electron chi connectivity index (χ0n) is 9.63. The highest BCUT2D eigenvalue weighted by Crippen LogP contribution is 2.20. The van der Waals surface area contributed by atoms with E-state index >= 15 is 0 Å². The summed E-state index contributed by atoms with van der Waals surface area (Å²) < 4.78 is 10.6. The van der Waals surface area contributed by atoms with E-state index in [1.807, 2.05) is 0 Å². The average Bonchev–Trinajstić information content (AvgIpc) is 2.98. The van der Waals surface area contributed by atoms with Crippen LogP contribution in [0.25, 0.3) is 11.7 Å². The zero-order valence-corrected chi connectivity index (χ0v) is 10.4. The highest BCUT2D eigenvalue weighted by atomic mass is 32.2. The topological polar surface area (TPSA) is 78.1 Å². The van der Waals surface area contributed by atoms with E-state index in [1.165, 1.54) is 0 Å². The lowest BCUT2D eigenvalue weighted by Crippen LogP contribution is -2.12. The molecule has 0 bridgehead atoms. The number of hydrogen-bond acceptors (Lipinski definition) is 6. The summed E-state index contributed by atoms with van der Waals surface area (Å²) in [4.78, 5) is 0. The van der Waals surface area contributed by atoms with Gasteiger partial charge in [0.05, 0.1) is 12.0 Å². The Hall–Kier alpha value is -1.27. The predicted molar refractivity (Wildman–Crippen MR) is 66.4 cm³/mol. The number of furan rings is 1. The summed E-state index contributed by atoms with van der Waals surface area (Å²) in [5.41, 5.74) is 5.54. The minimum atomic E-state index is 0.428. The van der Waals surface area contributed by atoms with Gasteiger partial charge in [-0.15, -0.1) is 10.2 Å². The molecule has 17 heavy (non-hydrogen) atoms. The first-order chi connectivity index (χ1) is 8.29. The van der Waals surface area contributed by atoms with Crippen LogP contribution in [0.4, 0.5) is 0 Å². The second-order valence-electron chi connectivity index (χ2n) is 3.83. The molecule has 0 aromatic carbocycles. The summed E-state index contributed by atoms with van der Waals surface area (Å²) in [5, 5.41) is 7.89. The molecule has 6 heteroatoms. The van der Waals surface area contributed by atoms with Crippen LogP contribution in [0.2, 0.25) is 0 Å². The third kappa shape index (κ3) is 3.34. The van der Waals surface area contributed by atoms with Gasteiger partial charge in [-0.1, -0.05) is 6.92 Å². The van der Waals surface area contributed by atoms with E-state index in [0.717, 1.165) is 5.75 Å². The lowest BCUT2D eigenvalue weighted by molar-refractivity contribution is 0.494. The number of hydrogen-bond donors (Lipinski definition) is 1. The van der Waals surface area contributed by atoms with E-state index in [2.05, 4.69) is 17.1 Å². The molecular formula is C11H15N3O2S. The summed E-state index contributed by atoms with van der Waals surface area (Å²) in [5.74, 6) is 3.85. The molecule has 0 aliphatic rings. The van der Waals surface area contributed by atoms with Crippen molar-refractivity contribution in [1.82, 2.24) is 10.2 Å². The van der Waals surface area contributed by atoms with Gasteiger partial charge in [-0.25, -0.2) is 0 Å². The Bertz CT molecular complexity index is 441. The van der Waals surface area contributed by atoms with Crippen molar-refractivity contribution < 1.29 is 8.83 Å². The van der Waals surface area contributed by atoms with Gasteiger partial charge in [-0.3, -0.25) is 0 Å². The number of thioether (sulfide) groups is 1. The van der Waals surface area contributed by atoms with E-state index in [4.69, 9.17) is 14.6 Å². The fraction of sp³-hybridized carbons (Fsp3) is 0.455. The highest BCUT2D eigenvalue weighted by Gasteiger charge is 2.10. The Morgan fingerprint density at radius 2 is 2.35 bits per heavy atom. The minimum Gasteiger partial charge on any atom is -0.459 e. The van der Waals surface area contributed by atoms with Crippen molar-refractivity contribution in [3.05, 3.63) is 24.3 Å². The summed E-state index contributed by atoms with van der Waals surface area (Å²) in [6.07, 6.45) is 1.58. The SMILES string of the molecule is CC(CN)CSCc1nnc(-c2ccco2)o1. The van der Waals surface area contributed by atoms with Crippen molar-refractivity contribution in [1.29, 1.82) is 0 Å². The fourth-order valence-corrected chi connectivity index (χ4v) is 2.17. The monoisotopic (exact) mass is 253 g/mol. The first kappa shape index (κ1) is 12.2. The number of rotatable bonds is 6. The van der Waals surface area contributed by atoms with Crippen LogP contribution in [-0.2, 0) is 5.75 Å². The molecule has 92 valence electrons. The standard InChI is InChI=1S/C11H15N3O2S/c1-8(5-12)6-17-7-10-13-14-11(16-10)9-3-2-4-15-9/h2-4,8H,5-7,12H2,1H3. The molecule has 0 aliphatic heterocycles. The fourth-order valence-electron chi connectivity index (χ4n) is 1.23. The maximum Gasteiger partial charge on any atom is 0.283 e. The quantitative estimate of drug-likeness (QED) is 0.850. The molecule has 0 radical (unpaired) electrons.